The van der Waals surface area contributed by atoms with Gasteiger partial charge in [-0.25, -0.2) is 0 Å². The third-order valence-corrected chi connectivity index (χ3v) is 5.55. The van der Waals surface area contributed by atoms with Crippen molar-refractivity contribution in [2.24, 2.45) is 11.3 Å². The van der Waals surface area contributed by atoms with E-state index in [0.717, 1.165) is 24.2 Å². The average molecular weight is 276 g/mol. The van der Waals surface area contributed by atoms with Gasteiger partial charge in [-0.05, 0) is 36.7 Å². The number of ether oxygens (including phenoxy) is 1. The highest BCUT2D eigenvalue weighted by atomic mass is 16.5. The average Bonchev–Trinajstić information content (AvgIpc) is 2.81. The first-order valence-corrected chi connectivity index (χ1v) is 7.60. The molecular formula is C17H24O3. The summed E-state index contributed by atoms with van der Waals surface area (Å²) in [5.41, 5.74) is 1.42. The van der Waals surface area contributed by atoms with Crippen LogP contribution in [0.3, 0.4) is 0 Å². The smallest absolute Gasteiger partial charge is 0.303 e. The van der Waals surface area contributed by atoms with E-state index in [2.05, 4.69) is 20.8 Å². The van der Waals surface area contributed by atoms with Gasteiger partial charge in [-0.1, -0.05) is 27.2 Å². The fourth-order valence-electron chi connectivity index (χ4n) is 4.66. The van der Waals surface area contributed by atoms with Crippen LogP contribution in [-0.2, 0) is 14.9 Å². The van der Waals surface area contributed by atoms with Gasteiger partial charge in [-0.2, -0.15) is 0 Å². The number of furan rings is 1. The van der Waals surface area contributed by atoms with Crippen LogP contribution in [-0.4, -0.2) is 5.97 Å². The van der Waals surface area contributed by atoms with Crippen molar-refractivity contribution in [3.05, 3.63) is 23.7 Å². The molecule has 1 aromatic heterocycles. The molecule has 0 saturated heterocycles. The third kappa shape index (κ3) is 1.90. The maximum atomic E-state index is 11.4. The van der Waals surface area contributed by atoms with Crippen molar-refractivity contribution in [1.29, 1.82) is 0 Å². The van der Waals surface area contributed by atoms with E-state index >= 15 is 0 Å². The third-order valence-electron chi connectivity index (χ3n) is 5.55. The first kappa shape index (κ1) is 13.7. The van der Waals surface area contributed by atoms with Gasteiger partial charge in [0, 0.05) is 17.9 Å². The zero-order chi connectivity index (χ0) is 14.5. The minimum Gasteiger partial charge on any atom is -0.468 e. The van der Waals surface area contributed by atoms with Crippen LogP contribution in [0.5, 0.6) is 0 Å². The van der Waals surface area contributed by atoms with Crippen LogP contribution in [0, 0.1) is 11.3 Å². The van der Waals surface area contributed by atoms with E-state index in [1.165, 1.54) is 19.8 Å². The van der Waals surface area contributed by atoms with Crippen LogP contribution >= 0.6 is 0 Å². The SMILES string of the molecule is CC(=O)O[C@H]1CC2C(C)(C)CCC[C@]2(C)c2occc21. The van der Waals surface area contributed by atoms with E-state index in [9.17, 15) is 4.79 Å². The number of fused-ring (bicyclic) bond motifs is 3. The molecule has 3 rings (SSSR count). The molecule has 3 nitrogen and oxygen atoms in total. The molecule has 3 atom stereocenters. The summed E-state index contributed by atoms with van der Waals surface area (Å²) in [5.74, 6) is 1.33. The van der Waals surface area contributed by atoms with E-state index in [-0.39, 0.29) is 22.9 Å². The summed E-state index contributed by atoms with van der Waals surface area (Å²) >= 11 is 0. The molecule has 1 fully saturated rings. The zero-order valence-corrected chi connectivity index (χ0v) is 12.9. The number of hydrogen-bond acceptors (Lipinski definition) is 3. The van der Waals surface area contributed by atoms with Gasteiger partial charge in [0.2, 0.25) is 0 Å². The lowest BCUT2D eigenvalue weighted by atomic mass is 9.51. The molecule has 0 aliphatic heterocycles. The minimum absolute atomic E-state index is 0.0806. The van der Waals surface area contributed by atoms with Crippen molar-refractivity contribution in [2.45, 2.75) is 64.9 Å². The summed E-state index contributed by atoms with van der Waals surface area (Å²) in [6.45, 7) is 8.49. The Kier molecular flexibility index (Phi) is 3.00. The molecule has 20 heavy (non-hydrogen) atoms. The Bertz CT molecular complexity index is 528. The molecule has 0 bridgehead atoms. The Morgan fingerprint density at radius 3 is 2.80 bits per heavy atom. The highest BCUT2D eigenvalue weighted by Crippen LogP contribution is 2.59. The first-order valence-electron chi connectivity index (χ1n) is 7.60. The molecule has 2 aliphatic carbocycles. The van der Waals surface area contributed by atoms with E-state index in [4.69, 9.17) is 9.15 Å². The molecule has 0 radical (unpaired) electrons. The maximum Gasteiger partial charge on any atom is 0.303 e. The molecule has 1 unspecified atom stereocenters. The fraction of sp³-hybridized carbons (Fsp3) is 0.706. The van der Waals surface area contributed by atoms with Gasteiger partial charge in [0.15, 0.2) is 0 Å². The quantitative estimate of drug-likeness (QED) is 0.715. The molecule has 0 amide bonds. The van der Waals surface area contributed by atoms with Crippen LogP contribution in [0.15, 0.2) is 16.7 Å². The second-order valence-corrected chi connectivity index (χ2v) is 7.35. The van der Waals surface area contributed by atoms with Crippen molar-refractivity contribution < 1.29 is 13.9 Å². The highest BCUT2D eigenvalue weighted by molar-refractivity contribution is 5.66. The number of carbonyl (C=O) groups excluding carboxylic acids is 1. The Hall–Kier alpha value is -1.25. The molecule has 0 spiro atoms. The Balaban J connectivity index is 2.06. The van der Waals surface area contributed by atoms with Gasteiger partial charge in [0.25, 0.3) is 0 Å². The van der Waals surface area contributed by atoms with Gasteiger partial charge in [0.05, 0.1) is 6.26 Å². The largest absolute Gasteiger partial charge is 0.468 e. The summed E-state index contributed by atoms with van der Waals surface area (Å²) < 4.78 is 11.4. The van der Waals surface area contributed by atoms with Crippen LogP contribution < -0.4 is 0 Å². The van der Waals surface area contributed by atoms with E-state index < -0.39 is 0 Å². The van der Waals surface area contributed by atoms with Crippen molar-refractivity contribution in [3.63, 3.8) is 0 Å². The molecule has 1 heterocycles. The Morgan fingerprint density at radius 2 is 2.10 bits per heavy atom. The van der Waals surface area contributed by atoms with Gasteiger partial charge < -0.3 is 9.15 Å². The lowest BCUT2D eigenvalue weighted by Gasteiger charge is -2.53. The minimum atomic E-state index is -0.209. The Labute approximate surface area is 120 Å². The van der Waals surface area contributed by atoms with Gasteiger partial charge in [0.1, 0.15) is 11.9 Å². The molecule has 3 heteroatoms. The number of hydrogen-bond donors (Lipinski definition) is 0. The van der Waals surface area contributed by atoms with Crippen LogP contribution in [0.1, 0.15) is 70.8 Å². The molecule has 110 valence electrons. The number of rotatable bonds is 1. The van der Waals surface area contributed by atoms with Gasteiger partial charge in [-0.3, -0.25) is 4.79 Å². The predicted molar refractivity (Wildman–Crippen MR) is 76.3 cm³/mol. The Morgan fingerprint density at radius 1 is 1.35 bits per heavy atom. The summed E-state index contributed by atoms with van der Waals surface area (Å²) in [4.78, 5) is 11.4. The summed E-state index contributed by atoms with van der Waals surface area (Å²) in [6.07, 6.45) is 6.14. The number of esters is 1. The second kappa shape index (κ2) is 4.37. The fourth-order valence-corrected chi connectivity index (χ4v) is 4.66. The standard InChI is InChI=1S/C17H24O3/c1-11(18)20-13-10-14-16(2,3)7-5-8-17(14,4)15-12(13)6-9-19-15/h6,9,13-14H,5,7-8,10H2,1-4H3/t13-,14?,17-/m0/s1. The lowest BCUT2D eigenvalue weighted by molar-refractivity contribution is -0.150. The van der Waals surface area contributed by atoms with Crippen molar-refractivity contribution in [2.75, 3.05) is 0 Å². The van der Waals surface area contributed by atoms with Crippen LogP contribution in [0.4, 0.5) is 0 Å². The molecule has 1 aromatic rings. The van der Waals surface area contributed by atoms with E-state index in [1.807, 2.05) is 6.07 Å². The van der Waals surface area contributed by atoms with Crippen molar-refractivity contribution in [1.82, 2.24) is 0 Å². The molecule has 1 saturated carbocycles. The number of carbonyl (C=O) groups is 1. The lowest BCUT2D eigenvalue weighted by Crippen LogP contribution is -2.48. The van der Waals surface area contributed by atoms with Gasteiger partial charge in [-0.15, -0.1) is 0 Å². The molecular weight excluding hydrogens is 252 g/mol. The maximum absolute atomic E-state index is 11.4. The monoisotopic (exact) mass is 276 g/mol. The predicted octanol–water partition coefficient (Wildman–Crippen LogP) is 4.37. The molecule has 0 N–H and O–H groups in total. The summed E-state index contributed by atoms with van der Waals surface area (Å²) in [7, 11) is 0. The van der Waals surface area contributed by atoms with Crippen LogP contribution in [0.25, 0.3) is 0 Å². The first-order chi connectivity index (χ1) is 9.34. The zero-order valence-electron chi connectivity index (χ0n) is 12.9. The van der Waals surface area contributed by atoms with Gasteiger partial charge >= 0.3 is 5.97 Å². The van der Waals surface area contributed by atoms with Crippen molar-refractivity contribution in [3.8, 4) is 0 Å². The topological polar surface area (TPSA) is 39.4 Å². The summed E-state index contributed by atoms with van der Waals surface area (Å²) in [5, 5.41) is 0. The second-order valence-electron chi connectivity index (χ2n) is 7.35. The highest BCUT2D eigenvalue weighted by Gasteiger charge is 2.54. The van der Waals surface area contributed by atoms with Crippen molar-refractivity contribution >= 4 is 5.97 Å². The van der Waals surface area contributed by atoms with E-state index in [1.54, 1.807) is 6.26 Å². The molecule has 2 aliphatic rings. The van der Waals surface area contributed by atoms with Crippen LogP contribution in [0.2, 0.25) is 0 Å². The van der Waals surface area contributed by atoms with E-state index in [0.29, 0.717) is 5.92 Å². The normalized spacial score (nSPS) is 35.0. The molecule has 0 aromatic carbocycles. The summed E-state index contributed by atoms with van der Waals surface area (Å²) in [6, 6.07) is 1.98.